The summed E-state index contributed by atoms with van der Waals surface area (Å²) in [5.41, 5.74) is 2.13. The van der Waals surface area contributed by atoms with Gasteiger partial charge in [-0.1, -0.05) is 0 Å². The Hall–Kier alpha value is -1.66. The maximum atomic E-state index is 12.1. The molecule has 0 saturated carbocycles. The minimum Gasteiger partial charge on any atom is -0.354 e. The summed E-state index contributed by atoms with van der Waals surface area (Å²) in [5, 5.41) is 14.2. The monoisotopic (exact) mass is 278 g/mol. The molecule has 0 aliphatic heterocycles. The summed E-state index contributed by atoms with van der Waals surface area (Å²) in [5.74, 6) is -0.0225. The molecule has 2 aromatic rings. The van der Waals surface area contributed by atoms with Crippen LogP contribution in [0.4, 0.5) is 0 Å². The second-order valence-electron chi connectivity index (χ2n) is 4.34. The second kappa shape index (κ2) is 6.49. The Kier molecular flexibility index (Phi) is 4.70. The summed E-state index contributed by atoms with van der Waals surface area (Å²) in [7, 11) is 3.61. The SMILES string of the molecule is CNC(C(=O)NCCc1ccsc1)c1cnn(C)c1. The molecule has 2 rings (SSSR count). The van der Waals surface area contributed by atoms with E-state index in [2.05, 4.69) is 27.2 Å². The predicted molar refractivity (Wildman–Crippen MR) is 76.0 cm³/mol. The average Bonchev–Trinajstić information content (AvgIpc) is 3.02. The largest absolute Gasteiger partial charge is 0.354 e. The maximum absolute atomic E-state index is 12.1. The van der Waals surface area contributed by atoms with Crippen LogP contribution in [-0.4, -0.2) is 29.3 Å². The second-order valence-corrected chi connectivity index (χ2v) is 5.12. The number of carbonyl (C=O) groups excluding carboxylic acids is 1. The Morgan fingerprint density at radius 1 is 1.58 bits per heavy atom. The smallest absolute Gasteiger partial charge is 0.241 e. The number of thiophene rings is 1. The van der Waals surface area contributed by atoms with E-state index in [0.29, 0.717) is 6.54 Å². The topological polar surface area (TPSA) is 59.0 Å². The van der Waals surface area contributed by atoms with Crippen molar-refractivity contribution in [3.05, 3.63) is 40.3 Å². The molecule has 1 atom stereocenters. The molecule has 1 unspecified atom stereocenters. The van der Waals surface area contributed by atoms with Crippen LogP contribution in [0.25, 0.3) is 0 Å². The molecule has 19 heavy (non-hydrogen) atoms. The molecule has 6 heteroatoms. The number of aryl methyl sites for hydroxylation is 1. The molecule has 0 aliphatic rings. The van der Waals surface area contributed by atoms with Gasteiger partial charge >= 0.3 is 0 Å². The lowest BCUT2D eigenvalue weighted by molar-refractivity contribution is -0.123. The number of hydrogen-bond donors (Lipinski definition) is 2. The van der Waals surface area contributed by atoms with Crippen LogP contribution in [-0.2, 0) is 18.3 Å². The van der Waals surface area contributed by atoms with Crippen molar-refractivity contribution in [1.82, 2.24) is 20.4 Å². The number of hydrogen-bond acceptors (Lipinski definition) is 4. The van der Waals surface area contributed by atoms with Crippen LogP contribution in [0.1, 0.15) is 17.2 Å². The molecule has 0 aromatic carbocycles. The highest BCUT2D eigenvalue weighted by Gasteiger charge is 2.19. The van der Waals surface area contributed by atoms with Crippen molar-refractivity contribution in [3.8, 4) is 0 Å². The summed E-state index contributed by atoms with van der Waals surface area (Å²) in [6.45, 7) is 0.647. The van der Waals surface area contributed by atoms with Crippen LogP contribution in [0.5, 0.6) is 0 Å². The van der Waals surface area contributed by atoms with E-state index in [4.69, 9.17) is 0 Å². The summed E-state index contributed by atoms with van der Waals surface area (Å²) >= 11 is 1.67. The molecule has 2 N–H and O–H groups in total. The lowest BCUT2D eigenvalue weighted by atomic mass is 10.1. The lowest BCUT2D eigenvalue weighted by Crippen LogP contribution is -2.36. The fraction of sp³-hybridized carbons (Fsp3) is 0.385. The number of likely N-dealkylation sites (N-methyl/N-ethyl adjacent to an activating group) is 1. The highest BCUT2D eigenvalue weighted by atomic mass is 32.1. The van der Waals surface area contributed by atoms with Crippen molar-refractivity contribution < 1.29 is 4.79 Å². The number of aromatic nitrogens is 2. The fourth-order valence-corrected chi connectivity index (χ4v) is 2.61. The van der Waals surface area contributed by atoms with E-state index in [1.54, 1.807) is 29.3 Å². The van der Waals surface area contributed by atoms with Gasteiger partial charge in [-0.05, 0) is 35.9 Å². The molecule has 0 bridgehead atoms. The normalized spacial score (nSPS) is 12.3. The number of carbonyl (C=O) groups is 1. The van der Waals surface area contributed by atoms with Crippen molar-refractivity contribution in [3.63, 3.8) is 0 Å². The van der Waals surface area contributed by atoms with Gasteiger partial charge in [0, 0.05) is 25.4 Å². The zero-order chi connectivity index (χ0) is 13.7. The maximum Gasteiger partial charge on any atom is 0.241 e. The third kappa shape index (κ3) is 3.65. The van der Waals surface area contributed by atoms with Gasteiger partial charge in [0.05, 0.1) is 6.20 Å². The summed E-state index contributed by atoms with van der Waals surface area (Å²) in [6, 6.07) is 1.73. The number of rotatable bonds is 6. The van der Waals surface area contributed by atoms with Gasteiger partial charge < -0.3 is 10.6 Å². The Bertz CT molecular complexity index is 520. The van der Waals surface area contributed by atoms with Crippen molar-refractivity contribution in [2.45, 2.75) is 12.5 Å². The van der Waals surface area contributed by atoms with Crippen molar-refractivity contribution in [1.29, 1.82) is 0 Å². The Morgan fingerprint density at radius 3 is 3.00 bits per heavy atom. The van der Waals surface area contributed by atoms with Crippen LogP contribution in [0.15, 0.2) is 29.2 Å². The molecular weight excluding hydrogens is 260 g/mol. The van der Waals surface area contributed by atoms with Gasteiger partial charge in [0.15, 0.2) is 0 Å². The van der Waals surface area contributed by atoms with Crippen LogP contribution in [0.2, 0.25) is 0 Å². The molecule has 0 fully saturated rings. The van der Waals surface area contributed by atoms with Gasteiger partial charge in [0.1, 0.15) is 6.04 Å². The van der Waals surface area contributed by atoms with E-state index in [1.807, 2.05) is 18.6 Å². The average molecular weight is 278 g/mol. The van der Waals surface area contributed by atoms with E-state index in [1.165, 1.54) is 5.56 Å². The molecular formula is C13H18N4OS. The van der Waals surface area contributed by atoms with Crippen LogP contribution < -0.4 is 10.6 Å². The number of nitrogens with zero attached hydrogens (tertiary/aromatic N) is 2. The minimum atomic E-state index is -0.351. The molecule has 2 heterocycles. The van der Waals surface area contributed by atoms with Gasteiger partial charge in [0.25, 0.3) is 0 Å². The number of amides is 1. The third-order valence-electron chi connectivity index (χ3n) is 2.90. The van der Waals surface area contributed by atoms with Crippen LogP contribution >= 0.6 is 11.3 Å². The first-order valence-electron chi connectivity index (χ1n) is 6.15. The van der Waals surface area contributed by atoms with E-state index >= 15 is 0 Å². The molecule has 102 valence electrons. The summed E-state index contributed by atoms with van der Waals surface area (Å²) in [6.07, 6.45) is 4.41. The molecule has 1 amide bonds. The number of nitrogens with one attached hydrogen (secondary N) is 2. The van der Waals surface area contributed by atoms with E-state index in [-0.39, 0.29) is 11.9 Å². The van der Waals surface area contributed by atoms with Gasteiger partial charge in [0.2, 0.25) is 5.91 Å². The molecule has 0 spiro atoms. The Balaban J connectivity index is 1.87. The fourth-order valence-electron chi connectivity index (χ4n) is 1.91. The summed E-state index contributed by atoms with van der Waals surface area (Å²) in [4.78, 5) is 12.1. The summed E-state index contributed by atoms with van der Waals surface area (Å²) < 4.78 is 1.69. The van der Waals surface area contributed by atoms with Crippen LogP contribution in [0.3, 0.4) is 0 Å². The molecule has 0 radical (unpaired) electrons. The minimum absolute atomic E-state index is 0.0225. The molecule has 0 aliphatic carbocycles. The van der Waals surface area contributed by atoms with Gasteiger partial charge in [-0.3, -0.25) is 9.48 Å². The highest BCUT2D eigenvalue weighted by Crippen LogP contribution is 2.11. The lowest BCUT2D eigenvalue weighted by Gasteiger charge is -2.14. The van der Waals surface area contributed by atoms with Crippen molar-refractivity contribution >= 4 is 17.2 Å². The zero-order valence-corrected chi connectivity index (χ0v) is 11.9. The van der Waals surface area contributed by atoms with Crippen molar-refractivity contribution in [2.75, 3.05) is 13.6 Å². The first kappa shape index (κ1) is 13.8. The molecule has 2 aromatic heterocycles. The van der Waals surface area contributed by atoms with Gasteiger partial charge in [-0.2, -0.15) is 16.4 Å². The van der Waals surface area contributed by atoms with Crippen molar-refractivity contribution in [2.24, 2.45) is 7.05 Å². The predicted octanol–water partition coefficient (Wildman–Crippen LogP) is 1.10. The quantitative estimate of drug-likeness (QED) is 0.832. The molecule has 5 nitrogen and oxygen atoms in total. The van der Waals surface area contributed by atoms with Gasteiger partial charge in [-0.15, -0.1) is 0 Å². The third-order valence-corrected chi connectivity index (χ3v) is 3.63. The highest BCUT2D eigenvalue weighted by molar-refractivity contribution is 7.07. The first-order chi connectivity index (χ1) is 9.20. The standard InChI is InChI=1S/C13H18N4OS/c1-14-12(11-7-16-17(2)8-11)13(18)15-5-3-10-4-6-19-9-10/h4,6-9,12,14H,3,5H2,1-2H3,(H,15,18). The van der Waals surface area contributed by atoms with E-state index < -0.39 is 0 Å². The van der Waals surface area contributed by atoms with E-state index in [9.17, 15) is 4.79 Å². The van der Waals surface area contributed by atoms with Crippen LogP contribution in [0, 0.1) is 0 Å². The first-order valence-corrected chi connectivity index (χ1v) is 7.09. The Morgan fingerprint density at radius 2 is 2.42 bits per heavy atom. The Labute approximate surface area is 116 Å². The molecule has 0 saturated heterocycles. The van der Waals surface area contributed by atoms with Gasteiger partial charge in [-0.25, -0.2) is 0 Å². The zero-order valence-electron chi connectivity index (χ0n) is 11.1. The van der Waals surface area contributed by atoms with E-state index in [0.717, 1.165) is 12.0 Å².